The number of carbonyl (C=O) groups is 1. The topological polar surface area (TPSA) is 100 Å². The van der Waals surface area contributed by atoms with Crippen molar-refractivity contribution in [2.45, 2.75) is 104 Å². The van der Waals surface area contributed by atoms with Gasteiger partial charge in [0.05, 0.1) is 5.71 Å². The highest BCUT2D eigenvalue weighted by molar-refractivity contribution is 6.06. The number of hydrogen-bond acceptors (Lipinski definition) is 6. The van der Waals surface area contributed by atoms with Crippen molar-refractivity contribution >= 4 is 11.5 Å². The second-order valence-electron chi connectivity index (χ2n) is 8.06. The molecule has 0 fully saturated rings. The van der Waals surface area contributed by atoms with Gasteiger partial charge in [-0.1, -0.05) is 84.0 Å². The van der Waals surface area contributed by atoms with E-state index in [4.69, 9.17) is 0 Å². The highest BCUT2D eigenvalue weighted by Gasteiger charge is 2.23. The predicted octanol–water partition coefficient (Wildman–Crippen LogP) is 6.15. The van der Waals surface area contributed by atoms with E-state index in [0.717, 1.165) is 12.8 Å². The summed E-state index contributed by atoms with van der Waals surface area (Å²) in [6.07, 6.45) is 16.5. The maximum absolute atomic E-state index is 11.9. The molecule has 6 heteroatoms. The zero-order valence-corrected chi connectivity index (χ0v) is 19.0. The molecule has 30 heavy (non-hydrogen) atoms. The van der Waals surface area contributed by atoms with Gasteiger partial charge in [-0.2, -0.15) is 0 Å². The summed E-state index contributed by atoms with van der Waals surface area (Å²) < 4.78 is 4.67. The summed E-state index contributed by atoms with van der Waals surface area (Å²) >= 11 is 0. The van der Waals surface area contributed by atoms with E-state index in [1.165, 1.54) is 77.6 Å². The molecule has 0 spiro atoms. The number of carbonyl (C=O) groups excluding carboxylic acids is 1. The first-order valence-corrected chi connectivity index (χ1v) is 11.5. The van der Waals surface area contributed by atoms with Gasteiger partial charge in [0.2, 0.25) is 0 Å². The molecule has 0 aliphatic rings. The number of aliphatic imine (C=N–C) groups is 1. The number of hydrogen-bond donors (Lipinski definition) is 2. The van der Waals surface area contributed by atoms with Gasteiger partial charge in [0.1, 0.15) is 16.9 Å². The fraction of sp³-hybridized carbons (Fsp3) is 0.708. The highest BCUT2D eigenvalue weighted by Crippen LogP contribution is 2.28. The summed E-state index contributed by atoms with van der Waals surface area (Å²) in [6.45, 7) is 5.56. The molecule has 1 aromatic heterocycles. The molecule has 2 N–H and O–H groups in total. The minimum atomic E-state index is -0.901. The van der Waals surface area contributed by atoms with E-state index in [9.17, 15) is 19.8 Å². The Morgan fingerprint density at radius 2 is 1.27 bits per heavy atom. The molecule has 170 valence electrons. The Bertz CT molecular complexity index is 736. The molecule has 6 nitrogen and oxygen atoms in total. The lowest BCUT2D eigenvalue weighted by molar-refractivity contribution is 0.100. The van der Waals surface area contributed by atoms with Gasteiger partial charge in [0, 0.05) is 6.54 Å². The molecule has 0 saturated carbocycles. The van der Waals surface area contributed by atoms with Crippen LogP contribution in [-0.2, 0) is 0 Å². The van der Waals surface area contributed by atoms with Gasteiger partial charge >= 0.3 is 5.63 Å². The third-order valence-corrected chi connectivity index (χ3v) is 5.41. The van der Waals surface area contributed by atoms with E-state index in [1.807, 2.05) is 0 Å². The second-order valence-corrected chi connectivity index (χ2v) is 8.06. The molecule has 1 heterocycles. The molecule has 1 rings (SSSR count). The van der Waals surface area contributed by atoms with Crippen LogP contribution in [-0.4, -0.2) is 28.3 Å². The summed E-state index contributed by atoms with van der Waals surface area (Å²) in [6, 6.07) is 0. The molecule has 0 amide bonds. The van der Waals surface area contributed by atoms with E-state index < -0.39 is 23.1 Å². The first kappa shape index (κ1) is 25.9. The van der Waals surface area contributed by atoms with Gasteiger partial charge < -0.3 is 14.6 Å². The number of unbranched alkanes of at least 4 members (excludes halogenated alkanes) is 12. The van der Waals surface area contributed by atoms with Crippen LogP contribution in [0.1, 0.15) is 120 Å². The average Bonchev–Trinajstić information content (AvgIpc) is 2.67. The number of ketones is 1. The van der Waals surface area contributed by atoms with Crippen molar-refractivity contribution < 1.29 is 19.4 Å². The Hall–Kier alpha value is -2.11. The third-order valence-electron chi connectivity index (χ3n) is 5.41. The molecule has 1 aromatic rings. The van der Waals surface area contributed by atoms with Gasteiger partial charge in [0.15, 0.2) is 5.78 Å². The molecule has 0 saturated heterocycles. The normalized spacial score (nSPS) is 11.8. The van der Waals surface area contributed by atoms with Crippen LogP contribution in [0.25, 0.3) is 0 Å². The van der Waals surface area contributed by atoms with Crippen LogP contribution in [0.4, 0.5) is 0 Å². The van der Waals surface area contributed by atoms with Gasteiger partial charge in [-0.05, 0) is 20.3 Å². The number of aromatic hydroxyl groups is 2. The van der Waals surface area contributed by atoms with Crippen LogP contribution < -0.4 is 5.63 Å². The van der Waals surface area contributed by atoms with Crippen LogP contribution >= 0.6 is 0 Å². The fourth-order valence-electron chi connectivity index (χ4n) is 3.60. The van der Waals surface area contributed by atoms with Crippen molar-refractivity contribution in [1.29, 1.82) is 0 Å². The van der Waals surface area contributed by atoms with Gasteiger partial charge in [-0.25, -0.2) is 4.79 Å². The first-order valence-electron chi connectivity index (χ1n) is 11.5. The standard InChI is InChI=1S/C24H39NO5/c1-4-5-6-7-8-9-10-11-12-13-14-15-16-17-25-18(2)20-22(27)21(19(3)26)24(29)30-23(20)28/h27,29H,4-17H2,1-3H3. The number of Topliss-reactive ketones (excluding diaryl/α,β-unsaturated/α-hetero) is 1. The lowest BCUT2D eigenvalue weighted by atomic mass is 10.0. The molecular weight excluding hydrogens is 382 g/mol. The molecule has 0 aliphatic heterocycles. The van der Waals surface area contributed by atoms with E-state index in [1.54, 1.807) is 6.92 Å². The van der Waals surface area contributed by atoms with Crippen LogP contribution in [0.15, 0.2) is 14.2 Å². The van der Waals surface area contributed by atoms with E-state index in [0.29, 0.717) is 12.3 Å². The molecule has 0 atom stereocenters. The third kappa shape index (κ3) is 9.14. The molecule has 0 bridgehead atoms. The monoisotopic (exact) mass is 421 g/mol. The Morgan fingerprint density at radius 1 is 0.800 bits per heavy atom. The number of nitrogens with zero attached hydrogens (tertiary/aromatic N) is 1. The van der Waals surface area contributed by atoms with E-state index >= 15 is 0 Å². The zero-order valence-electron chi connectivity index (χ0n) is 19.0. The molecular formula is C24H39NO5. The average molecular weight is 422 g/mol. The summed E-state index contributed by atoms with van der Waals surface area (Å²) in [5.41, 5.74) is -1.14. The summed E-state index contributed by atoms with van der Waals surface area (Å²) in [4.78, 5) is 27.8. The van der Waals surface area contributed by atoms with Gasteiger partial charge in [0.25, 0.3) is 5.95 Å². The van der Waals surface area contributed by atoms with Crippen molar-refractivity contribution in [3.8, 4) is 11.7 Å². The zero-order chi connectivity index (χ0) is 22.4. The fourth-order valence-corrected chi connectivity index (χ4v) is 3.60. The largest absolute Gasteiger partial charge is 0.506 e. The quantitative estimate of drug-likeness (QED) is 0.189. The Morgan fingerprint density at radius 3 is 1.73 bits per heavy atom. The lowest BCUT2D eigenvalue weighted by Gasteiger charge is -2.07. The first-order chi connectivity index (χ1) is 14.4. The van der Waals surface area contributed by atoms with E-state index in [-0.39, 0.29) is 11.1 Å². The lowest BCUT2D eigenvalue weighted by Crippen LogP contribution is -2.15. The van der Waals surface area contributed by atoms with Crippen LogP contribution in [0.2, 0.25) is 0 Å². The van der Waals surface area contributed by atoms with Crippen molar-refractivity contribution in [3.63, 3.8) is 0 Å². The van der Waals surface area contributed by atoms with Gasteiger partial charge in [-0.15, -0.1) is 0 Å². The Labute approximate surface area is 180 Å². The minimum absolute atomic E-state index is 0.160. The van der Waals surface area contributed by atoms with Crippen molar-refractivity contribution in [2.24, 2.45) is 4.99 Å². The SMILES string of the molecule is CCCCCCCCCCCCCCCN=C(C)c1c(O)c(C(C)=O)c(O)oc1=O. The predicted molar refractivity (Wildman–Crippen MR) is 121 cm³/mol. The van der Waals surface area contributed by atoms with Crippen molar-refractivity contribution in [2.75, 3.05) is 6.54 Å². The maximum atomic E-state index is 11.9. The van der Waals surface area contributed by atoms with Crippen LogP contribution in [0, 0.1) is 0 Å². The summed E-state index contributed by atoms with van der Waals surface area (Å²) in [5.74, 6) is -2.01. The number of rotatable bonds is 16. The van der Waals surface area contributed by atoms with Crippen LogP contribution in [0.3, 0.4) is 0 Å². The van der Waals surface area contributed by atoms with Crippen molar-refractivity contribution in [1.82, 2.24) is 0 Å². The maximum Gasteiger partial charge on any atom is 0.351 e. The molecule has 0 aliphatic carbocycles. The summed E-state index contributed by atoms with van der Waals surface area (Å²) in [7, 11) is 0. The Balaban J connectivity index is 2.26. The molecule has 0 radical (unpaired) electrons. The molecule has 0 aromatic carbocycles. The van der Waals surface area contributed by atoms with Gasteiger partial charge in [-0.3, -0.25) is 9.79 Å². The highest BCUT2D eigenvalue weighted by atomic mass is 16.5. The van der Waals surface area contributed by atoms with Crippen molar-refractivity contribution in [3.05, 3.63) is 21.5 Å². The van der Waals surface area contributed by atoms with E-state index in [2.05, 4.69) is 16.3 Å². The Kier molecular flexibility index (Phi) is 12.8. The minimum Gasteiger partial charge on any atom is -0.506 e. The second kappa shape index (κ2) is 14.8. The molecule has 0 unspecified atom stereocenters. The summed E-state index contributed by atoms with van der Waals surface area (Å²) in [5, 5.41) is 19.8. The van der Waals surface area contributed by atoms with Crippen LogP contribution in [0.5, 0.6) is 11.7 Å². The smallest absolute Gasteiger partial charge is 0.351 e.